The van der Waals surface area contributed by atoms with Crippen LogP contribution in [0.3, 0.4) is 0 Å². The fraction of sp³-hybridized carbons (Fsp3) is 0.591. The van der Waals surface area contributed by atoms with Gasteiger partial charge in [-0.2, -0.15) is 0 Å². The number of methoxy groups -OCH3 is 1. The third kappa shape index (κ3) is 3.34. The van der Waals surface area contributed by atoms with Crippen molar-refractivity contribution < 1.29 is 9.53 Å². The highest BCUT2D eigenvalue weighted by atomic mass is 32.2. The first-order valence-corrected chi connectivity index (χ1v) is 11.0. The van der Waals surface area contributed by atoms with Crippen LogP contribution < -0.4 is 5.32 Å². The zero-order chi connectivity index (χ0) is 18.1. The maximum absolute atomic E-state index is 12.4. The first-order chi connectivity index (χ1) is 12.6. The second-order valence-electron chi connectivity index (χ2n) is 8.29. The molecule has 1 aromatic carbocycles. The van der Waals surface area contributed by atoms with Gasteiger partial charge in [0.2, 0.25) is 5.91 Å². The van der Waals surface area contributed by atoms with Crippen LogP contribution >= 0.6 is 11.8 Å². The van der Waals surface area contributed by atoms with Crippen LogP contribution in [0.15, 0.2) is 35.2 Å². The lowest BCUT2D eigenvalue weighted by Gasteiger charge is -2.60. The Bertz CT molecular complexity index is 654. The molecule has 26 heavy (non-hydrogen) atoms. The first-order valence-electron chi connectivity index (χ1n) is 9.78. The van der Waals surface area contributed by atoms with Gasteiger partial charge in [-0.15, -0.1) is 11.8 Å². The Hall–Kier alpha value is -1.26. The van der Waals surface area contributed by atoms with Crippen LogP contribution in [0.5, 0.6) is 0 Å². The van der Waals surface area contributed by atoms with Gasteiger partial charge in [0, 0.05) is 24.6 Å². The van der Waals surface area contributed by atoms with Crippen LogP contribution in [0.25, 0.3) is 6.08 Å². The van der Waals surface area contributed by atoms with E-state index in [4.69, 9.17) is 4.74 Å². The van der Waals surface area contributed by atoms with Crippen LogP contribution in [0.2, 0.25) is 0 Å². The van der Waals surface area contributed by atoms with E-state index in [0.717, 1.165) is 17.4 Å². The Morgan fingerprint density at radius 3 is 2.31 bits per heavy atom. The lowest BCUT2D eigenvalue weighted by atomic mass is 9.49. The van der Waals surface area contributed by atoms with E-state index in [0.29, 0.717) is 18.4 Å². The highest BCUT2D eigenvalue weighted by molar-refractivity contribution is 7.98. The number of ether oxygens (including phenoxy) is 1. The highest BCUT2D eigenvalue weighted by Crippen LogP contribution is 2.59. The summed E-state index contributed by atoms with van der Waals surface area (Å²) < 4.78 is 6.11. The number of hydrogen-bond acceptors (Lipinski definition) is 3. The third-order valence-electron chi connectivity index (χ3n) is 6.98. The summed E-state index contributed by atoms with van der Waals surface area (Å²) in [5.74, 6) is 3.02. The van der Waals surface area contributed by atoms with E-state index < -0.39 is 0 Å². The molecule has 0 spiro atoms. The zero-order valence-electron chi connectivity index (χ0n) is 15.7. The topological polar surface area (TPSA) is 38.3 Å². The summed E-state index contributed by atoms with van der Waals surface area (Å²) in [6, 6.07) is 8.25. The Morgan fingerprint density at radius 1 is 1.15 bits per heavy atom. The molecule has 0 aliphatic heterocycles. The van der Waals surface area contributed by atoms with Crippen molar-refractivity contribution >= 4 is 23.7 Å². The van der Waals surface area contributed by atoms with Gasteiger partial charge in [0.1, 0.15) is 0 Å². The Labute approximate surface area is 161 Å². The molecule has 1 aromatic rings. The number of carbonyl (C=O) groups excluding carboxylic acids is 1. The van der Waals surface area contributed by atoms with Gasteiger partial charge in [-0.05, 0) is 85.8 Å². The van der Waals surface area contributed by atoms with Crippen LogP contribution in [0, 0.1) is 23.7 Å². The van der Waals surface area contributed by atoms with Crippen molar-refractivity contribution in [3.8, 4) is 0 Å². The molecule has 3 nitrogen and oxygen atoms in total. The quantitative estimate of drug-likeness (QED) is 0.596. The van der Waals surface area contributed by atoms with E-state index in [1.807, 2.05) is 25.3 Å². The van der Waals surface area contributed by atoms with Crippen molar-refractivity contribution in [3.05, 3.63) is 35.9 Å². The number of benzene rings is 1. The predicted octanol–water partition coefficient (Wildman–Crippen LogP) is 4.38. The number of rotatable bonds is 6. The van der Waals surface area contributed by atoms with Crippen molar-refractivity contribution in [2.75, 3.05) is 19.9 Å². The van der Waals surface area contributed by atoms with Gasteiger partial charge in [-0.25, -0.2) is 0 Å². The minimum Gasteiger partial charge on any atom is -0.376 e. The number of thioether (sulfide) groups is 1. The Morgan fingerprint density at radius 2 is 1.77 bits per heavy atom. The summed E-state index contributed by atoms with van der Waals surface area (Å²) in [5.41, 5.74) is 0.908. The summed E-state index contributed by atoms with van der Waals surface area (Å²) in [5, 5.41) is 3.14. The van der Waals surface area contributed by atoms with E-state index in [1.54, 1.807) is 17.8 Å². The van der Waals surface area contributed by atoms with E-state index in [2.05, 4.69) is 23.7 Å². The zero-order valence-corrected chi connectivity index (χ0v) is 16.6. The standard InChI is InChI=1S/C22H29NO2S/c1-25-22(18-10-16-9-17(12-18)13-19(22)11-16)14-23-21(24)8-5-15-3-6-20(26-2)7-4-15/h3-8,16-19H,9-14H2,1-2H3,(H,23,24)/b8-5+. The molecule has 4 fully saturated rings. The molecule has 1 amide bonds. The normalized spacial score (nSPS) is 35.2. The Kier molecular flexibility index (Phi) is 5.15. The fourth-order valence-electron chi connectivity index (χ4n) is 5.85. The minimum absolute atomic E-state index is 0.0239. The predicted molar refractivity (Wildman–Crippen MR) is 107 cm³/mol. The van der Waals surface area contributed by atoms with Gasteiger partial charge < -0.3 is 10.1 Å². The van der Waals surface area contributed by atoms with Gasteiger partial charge in [-0.3, -0.25) is 4.79 Å². The highest BCUT2D eigenvalue weighted by Gasteiger charge is 2.57. The van der Waals surface area contributed by atoms with Crippen molar-refractivity contribution in [2.45, 2.75) is 42.6 Å². The summed E-state index contributed by atoms with van der Waals surface area (Å²) in [6.07, 6.45) is 12.2. The lowest BCUT2D eigenvalue weighted by Crippen LogP contribution is -2.63. The molecular weight excluding hydrogens is 342 g/mol. The number of nitrogens with one attached hydrogen (secondary N) is 1. The van der Waals surface area contributed by atoms with Gasteiger partial charge in [0.25, 0.3) is 0 Å². The Balaban J connectivity index is 1.37. The van der Waals surface area contributed by atoms with Crippen molar-refractivity contribution in [1.29, 1.82) is 0 Å². The van der Waals surface area contributed by atoms with Gasteiger partial charge in [0.15, 0.2) is 0 Å². The fourth-order valence-corrected chi connectivity index (χ4v) is 6.26. The van der Waals surface area contributed by atoms with Gasteiger partial charge >= 0.3 is 0 Å². The molecule has 0 unspecified atom stereocenters. The summed E-state index contributed by atoms with van der Waals surface area (Å²) in [7, 11) is 1.84. The molecule has 4 saturated carbocycles. The maximum atomic E-state index is 12.4. The molecule has 1 N–H and O–H groups in total. The second-order valence-corrected chi connectivity index (χ2v) is 9.17. The average Bonchev–Trinajstić information content (AvgIpc) is 2.66. The molecule has 140 valence electrons. The number of carbonyl (C=O) groups is 1. The molecule has 0 radical (unpaired) electrons. The van der Waals surface area contributed by atoms with Crippen molar-refractivity contribution in [2.24, 2.45) is 23.7 Å². The average molecular weight is 372 g/mol. The van der Waals surface area contributed by atoms with E-state index in [1.165, 1.54) is 37.0 Å². The molecule has 4 aliphatic rings. The van der Waals surface area contributed by atoms with Crippen LogP contribution in [0.4, 0.5) is 0 Å². The van der Waals surface area contributed by atoms with E-state index in [9.17, 15) is 4.79 Å². The molecule has 0 saturated heterocycles. The molecule has 0 atom stereocenters. The monoisotopic (exact) mass is 371 g/mol. The first kappa shape index (κ1) is 18.1. The smallest absolute Gasteiger partial charge is 0.244 e. The van der Waals surface area contributed by atoms with Crippen molar-refractivity contribution in [1.82, 2.24) is 5.32 Å². The van der Waals surface area contributed by atoms with Crippen LogP contribution in [-0.4, -0.2) is 31.4 Å². The van der Waals surface area contributed by atoms with E-state index >= 15 is 0 Å². The van der Waals surface area contributed by atoms with E-state index in [-0.39, 0.29) is 11.5 Å². The molecule has 4 heteroatoms. The molecule has 5 rings (SSSR count). The second kappa shape index (κ2) is 7.40. The molecule has 0 heterocycles. The molecule has 4 bridgehead atoms. The van der Waals surface area contributed by atoms with Gasteiger partial charge in [0.05, 0.1) is 5.60 Å². The summed E-state index contributed by atoms with van der Waals surface area (Å²) >= 11 is 1.72. The third-order valence-corrected chi connectivity index (χ3v) is 7.73. The largest absolute Gasteiger partial charge is 0.376 e. The summed E-state index contributed by atoms with van der Waals surface area (Å²) in [6.45, 7) is 0.646. The minimum atomic E-state index is -0.142. The lowest BCUT2D eigenvalue weighted by molar-refractivity contribution is -0.187. The van der Waals surface area contributed by atoms with Crippen LogP contribution in [-0.2, 0) is 9.53 Å². The SMILES string of the molecule is COC1(CNC(=O)/C=C/c2ccc(SC)cc2)C2CC3CC(C2)CC1C3. The summed E-state index contributed by atoms with van der Waals surface area (Å²) in [4.78, 5) is 13.6. The number of amides is 1. The number of hydrogen-bond donors (Lipinski definition) is 1. The maximum Gasteiger partial charge on any atom is 0.244 e. The van der Waals surface area contributed by atoms with Crippen molar-refractivity contribution in [3.63, 3.8) is 0 Å². The van der Waals surface area contributed by atoms with Crippen LogP contribution in [0.1, 0.15) is 37.7 Å². The molecule has 0 aromatic heterocycles. The van der Waals surface area contributed by atoms with Gasteiger partial charge in [-0.1, -0.05) is 12.1 Å². The molecular formula is C22H29NO2S. The molecule has 4 aliphatic carbocycles.